The van der Waals surface area contributed by atoms with Crippen molar-refractivity contribution in [3.8, 4) is 5.75 Å². The van der Waals surface area contributed by atoms with Crippen molar-refractivity contribution < 1.29 is 19.1 Å². The SMILES string of the molecule is COc1ccc(C(C(=O)NC2CCCC2)N(C(=O)c2snc(C(N)=O)c2N)c2ccccc2C)cc1. The van der Waals surface area contributed by atoms with Crippen LogP contribution in [0.1, 0.15) is 63.0 Å². The highest BCUT2D eigenvalue weighted by molar-refractivity contribution is 7.09. The molecule has 188 valence electrons. The Morgan fingerprint density at radius 1 is 1.11 bits per heavy atom. The van der Waals surface area contributed by atoms with Crippen molar-refractivity contribution in [1.82, 2.24) is 9.69 Å². The second-order valence-corrected chi connectivity index (χ2v) is 9.54. The molecule has 1 aliphatic rings. The van der Waals surface area contributed by atoms with Gasteiger partial charge in [0.15, 0.2) is 5.69 Å². The minimum absolute atomic E-state index is 0.0410. The highest BCUT2D eigenvalue weighted by atomic mass is 32.1. The largest absolute Gasteiger partial charge is 0.497 e. The molecule has 3 aromatic rings. The quantitative estimate of drug-likeness (QED) is 0.426. The van der Waals surface area contributed by atoms with E-state index in [9.17, 15) is 14.4 Å². The summed E-state index contributed by atoms with van der Waals surface area (Å²) in [6, 6.07) is 13.4. The highest BCUT2D eigenvalue weighted by Gasteiger charge is 2.37. The molecule has 1 aromatic heterocycles. The van der Waals surface area contributed by atoms with Gasteiger partial charge in [0.2, 0.25) is 5.91 Å². The lowest BCUT2D eigenvalue weighted by Crippen LogP contribution is -2.46. The number of methoxy groups -OCH3 is 1. The second-order valence-electron chi connectivity index (χ2n) is 8.77. The average Bonchev–Trinajstić information content (AvgIpc) is 3.52. The zero-order chi connectivity index (χ0) is 25.8. The molecule has 1 aliphatic carbocycles. The number of carbonyl (C=O) groups is 3. The zero-order valence-corrected chi connectivity index (χ0v) is 21.0. The van der Waals surface area contributed by atoms with E-state index in [0.717, 1.165) is 42.8 Å². The number of para-hydroxylation sites is 1. The summed E-state index contributed by atoms with van der Waals surface area (Å²) in [4.78, 5) is 41.2. The summed E-state index contributed by atoms with van der Waals surface area (Å²) < 4.78 is 9.29. The number of carbonyl (C=O) groups excluding carboxylic acids is 3. The molecular formula is C26H29N5O4S. The molecule has 1 saturated carbocycles. The topological polar surface area (TPSA) is 141 Å². The van der Waals surface area contributed by atoms with Gasteiger partial charge in [-0.15, -0.1) is 0 Å². The number of hydrogen-bond acceptors (Lipinski definition) is 7. The van der Waals surface area contributed by atoms with Gasteiger partial charge in [-0.05, 0) is 60.6 Å². The van der Waals surface area contributed by atoms with E-state index in [-0.39, 0.29) is 28.2 Å². The van der Waals surface area contributed by atoms with E-state index >= 15 is 0 Å². The Labute approximate surface area is 213 Å². The van der Waals surface area contributed by atoms with Crippen LogP contribution in [0.2, 0.25) is 0 Å². The number of amides is 3. The lowest BCUT2D eigenvalue weighted by Gasteiger charge is -2.33. The van der Waals surface area contributed by atoms with Crippen molar-refractivity contribution in [2.45, 2.75) is 44.7 Å². The molecule has 1 heterocycles. The molecule has 10 heteroatoms. The van der Waals surface area contributed by atoms with Crippen LogP contribution < -0.4 is 26.4 Å². The minimum atomic E-state index is -1.01. The number of rotatable bonds is 8. The molecule has 9 nitrogen and oxygen atoms in total. The van der Waals surface area contributed by atoms with E-state index in [1.807, 2.05) is 19.1 Å². The summed E-state index contributed by atoms with van der Waals surface area (Å²) in [5.74, 6) is -1.05. The van der Waals surface area contributed by atoms with Crippen molar-refractivity contribution in [3.05, 3.63) is 70.2 Å². The first-order valence-corrected chi connectivity index (χ1v) is 12.5. The Balaban J connectivity index is 1.86. The van der Waals surface area contributed by atoms with Gasteiger partial charge in [0.1, 0.15) is 16.7 Å². The van der Waals surface area contributed by atoms with Gasteiger partial charge < -0.3 is 21.5 Å². The van der Waals surface area contributed by atoms with E-state index in [4.69, 9.17) is 16.2 Å². The molecule has 0 radical (unpaired) electrons. The number of hydrogen-bond donors (Lipinski definition) is 3. The first kappa shape index (κ1) is 25.2. The smallest absolute Gasteiger partial charge is 0.273 e. The average molecular weight is 508 g/mol. The lowest BCUT2D eigenvalue weighted by atomic mass is 10.0. The maximum atomic E-state index is 14.1. The third kappa shape index (κ3) is 5.03. The maximum Gasteiger partial charge on any atom is 0.273 e. The number of aromatic nitrogens is 1. The van der Waals surface area contributed by atoms with Crippen molar-refractivity contribution in [3.63, 3.8) is 0 Å². The van der Waals surface area contributed by atoms with Crippen LogP contribution in [-0.2, 0) is 4.79 Å². The highest BCUT2D eigenvalue weighted by Crippen LogP contribution is 2.35. The van der Waals surface area contributed by atoms with Gasteiger partial charge in [-0.25, -0.2) is 0 Å². The number of nitrogens with two attached hydrogens (primary N) is 2. The number of nitrogen functional groups attached to an aromatic ring is 1. The Morgan fingerprint density at radius 2 is 1.78 bits per heavy atom. The summed E-state index contributed by atoms with van der Waals surface area (Å²) in [7, 11) is 1.56. The first-order chi connectivity index (χ1) is 17.3. The zero-order valence-electron chi connectivity index (χ0n) is 20.2. The van der Waals surface area contributed by atoms with E-state index in [2.05, 4.69) is 9.69 Å². The number of aryl methyl sites for hydroxylation is 1. The van der Waals surface area contributed by atoms with Gasteiger partial charge in [-0.2, -0.15) is 4.37 Å². The number of nitrogens with zero attached hydrogens (tertiary/aromatic N) is 2. The van der Waals surface area contributed by atoms with Crippen molar-refractivity contribution >= 4 is 40.6 Å². The predicted molar refractivity (Wildman–Crippen MR) is 139 cm³/mol. The monoisotopic (exact) mass is 507 g/mol. The van der Waals surface area contributed by atoms with Gasteiger partial charge in [0, 0.05) is 11.7 Å². The van der Waals surface area contributed by atoms with Crippen LogP contribution >= 0.6 is 11.5 Å². The molecule has 0 bridgehead atoms. The van der Waals surface area contributed by atoms with Gasteiger partial charge in [-0.1, -0.05) is 43.2 Å². The summed E-state index contributed by atoms with van der Waals surface area (Å²) in [6.07, 6.45) is 3.88. The summed E-state index contributed by atoms with van der Waals surface area (Å²) in [5, 5.41) is 3.14. The van der Waals surface area contributed by atoms with E-state index < -0.39 is 17.9 Å². The number of benzene rings is 2. The van der Waals surface area contributed by atoms with Gasteiger partial charge in [0.25, 0.3) is 11.8 Å². The van der Waals surface area contributed by atoms with Gasteiger partial charge in [0.05, 0.1) is 12.8 Å². The molecular weight excluding hydrogens is 478 g/mol. The van der Waals surface area contributed by atoms with E-state index in [0.29, 0.717) is 17.0 Å². The van der Waals surface area contributed by atoms with Crippen molar-refractivity contribution in [2.24, 2.45) is 5.73 Å². The van der Waals surface area contributed by atoms with Crippen LogP contribution in [0.5, 0.6) is 5.75 Å². The normalized spacial score (nSPS) is 14.3. The molecule has 1 atom stereocenters. The lowest BCUT2D eigenvalue weighted by molar-refractivity contribution is -0.123. The molecule has 4 rings (SSSR count). The van der Waals surface area contributed by atoms with Crippen LogP contribution in [0.15, 0.2) is 48.5 Å². The molecule has 1 unspecified atom stereocenters. The third-order valence-corrected chi connectivity index (χ3v) is 7.24. The first-order valence-electron chi connectivity index (χ1n) is 11.7. The van der Waals surface area contributed by atoms with Crippen molar-refractivity contribution in [2.75, 3.05) is 17.7 Å². The molecule has 2 aromatic carbocycles. The maximum absolute atomic E-state index is 14.1. The summed E-state index contributed by atoms with van der Waals surface area (Å²) in [6.45, 7) is 1.86. The fourth-order valence-electron chi connectivity index (χ4n) is 4.49. The Hall–Kier alpha value is -3.92. The summed E-state index contributed by atoms with van der Waals surface area (Å²) in [5.41, 5.74) is 13.2. The van der Waals surface area contributed by atoms with Crippen LogP contribution in [-0.4, -0.2) is 35.2 Å². The fourth-order valence-corrected chi connectivity index (χ4v) is 5.23. The van der Waals surface area contributed by atoms with Crippen LogP contribution in [0, 0.1) is 6.92 Å². The number of ether oxygens (including phenoxy) is 1. The van der Waals surface area contributed by atoms with E-state index in [1.54, 1.807) is 43.5 Å². The Kier molecular flexibility index (Phi) is 7.54. The number of nitrogens with one attached hydrogen (secondary N) is 1. The minimum Gasteiger partial charge on any atom is -0.497 e. The van der Waals surface area contributed by atoms with Crippen LogP contribution in [0.25, 0.3) is 0 Å². The number of anilines is 2. The predicted octanol–water partition coefficient (Wildman–Crippen LogP) is 3.59. The molecule has 0 saturated heterocycles. The summed E-state index contributed by atoms with van der Waals surface area (Å²) >= 11 is 0.786. The molecule has 36 heavy (non-hydrogen) atoms. The Bertz CT molecular complexity index is 1270. The molecule has 3 amide bonds. The molecule has 5 N–H and O–H groups in total. The van der Waals surface area contributed by atoms with Crippen LogP contribution in [0.3, 0.4) is 0 Å². The third-order valence-electron chi connectivity index (χ3n) is 6.39. The van der Waals surface area contributed by atoms with Crippen molar-refractivity contribution in [1.29, 1.82) is 0 Å². The Morgan fingerprint density at radius 3 is 2.36 bits per heavy atom. The molecule has 0 aliphatic heterocycles. The second kappa shape index (κ2) is 10.8. The standard InChI is InChI=1S/C26H29N5O4S/c1-15-7-3-6-10-19(15)31(26(34)23-20(27)21(24(28)32)30-36-23)22(16-11-13-18(35-2)14-12-16)25(33)29-17-8-4-5-9-17/h3,6-7,10-14,17,22H,4-5,8-9,27H2,1-2H3,(H2,28,32)(H,29,33). The molecule has 1 fully saturated rings. The van der Waals surface area contributed by atoms with E-state index in [1.165, 1.54) is 4.90 Å². The van der Waals surface area contributed by atoms with Crippen LogP contribution in [0.4, 0.5) is 11.4 Å². The van der Waals surface area contributed by atoms with Gasteiger partial charge in [-0.3, -0.25) is 19.3 Å². The molecule has 0 spiro atoms. The fraction of sp³-hybridized carbons (Fsp3) is 0.308. The number of primary amides is 1. The van der Waals surface area contributed by atoms with Gasteiger partial charge >= 0.3 is 0 Å².